The van der Waals surface area contributed by atoms with Crippen LogP contribution in [-0.2, 0) is 6.42 Å². The molecule has 0 radical (unpaired) electrons. The molecule has 106 valence electrons. The molecule has 1 N–H and O–H groups in total. The summed E-state index contributed by atoms with van der Waals surface area (Å²) in [5.41, 5.74) is 5.55. The van der Waals surface area contributed by atoms with Crippen LogP contribution in [0.25, 0.3) is 0 Å². The van der Waals surface area contributed by atoms with Crippen LogP contribution in [0.5, 0.6) is 0 Å². The van der Waals surface area contributed by atoms with Gasteiger partial charge < -0.3 is 5.11 Å². The lowest BCUT2D eigenvalue weighted by Crippen LogP contribution is -2.08. The molecule has 1 unspecified atom stereocenters. The maximum atomic E-state index is 14.1. The van der Waals surface area contributed by atoms with Crippen molar-refractivity contribution in [1.82, 2.24) is 0 Å². The van der Waals surface area contributed by atoms with E-state index in [0.29, 0.717) is 17.5 Å². The normalized spacial score (nSPS) is 12.5. The Morgan fingerprint density at radius 2 is 1.60 bits per heavy atom. The number of aliphatic hydroxyl groups excluding tert-OH is 1. The van der Waals surface area contributed by atoms with Crippen molar-refractivity contribution in [2.75, 3.05) is 0 Å². The predicted molar refractivity (Wildman–Crippen MR) is 80.5 cm³/mol. The molecule has 0 fully saturated rings. The van der Waals surface area contributed by atoms with Crippen LogP contribution in [0.15, 0.2) is 30.3 Å². The van der Waals surface area contributed by atoms with E-state index in [1.807, 2.05) is 13.8 Å². The van der Waals surface area contributed by atoms with Crippen LogP contribution in [0.2, 0.25) is 0 Å². The fourth-order valence-electron chi connectivity index (χ4n) is 2.76. The van der Waals surface area contributed by atoms with Gasteiger partial charge in [0.1, 0.15) is 5.82 Å². The van der Waals surface area contributed by atoms with Crippen molar-refractivity contribution in [3.05, 3.63) is 69.5 Å². The van der Waals surface area contributed by atoms with Crippen LogP contribution in [0.4, 0.5) is 4.39 Å². The average molecular weight is 272 g/mol. The molecule has 0 aliphatic rings. The van der Waals surface area contributed by atoms with Crippen molar-refractivity contribution < 1.29 is 9.50 Å². The van der Waals surface area contributed by atoms with Gasteiger partial charge in [-0.25, -0.2) is 4.39 Å². The molecule has 2 aromatic rings. The zero-order valence-electron chi connectivity index (χ0n) is 12.5. The lowest BCUT2D eigenvalue weighted by atomic mass is 9.92. The van der Waals surface area contributed by atoms with Crippen molar-refractivity contribution in [1.29, 1.82) is 0 Å². The molecule has 0 heterocycles. The third-order valence-electron chi connectivity index (χ3n) is 3.82. The summed E-state index contributed by atoms with van der Waals surface area (Å²) in [4.78, 5) is 0. The second-order valence-electron chi connectivity index (χ2n) is 5.58. The summed E-state index contributed by atoms with van der Waals surface area (Å²) >= 11 is 0. The molecule has 0 spiro atoms. The molecule has 0 bridgehead atoms. The maximum Gasteiger partial charge on any atom is 0.131 e. The maximum absolute atomic E-state index is 14.1. The molecule has 0 aliphatic carbocycles. The van der Waals surface area contributed by atoms with Crippen molar-refractivity contribution in [3.8, 4) is 0 Å². The molecule has 2 rings (SSSR count). The first-order valence-electron chi connectivity index (χ1n) is 6.90. The number of rotatable bonds is 3. The molecular formula is C18H21FO. The van der Waals surface area contributed by atoms with Crippen LogP contribution in [0.3, 0.4) is 0 Å². The van der Waals surface area contributed by atoms with E-state index in [4.69, 9.17) is 0 Å². The van der Waals surface area contributed by atoms with Gasteiger partial charge in [0.25, 0.3) is 0 Å². The lowest BCUT2D eigenvalue weighted by Gasteiger charge is -2.17. The summed E-state index contributed by atoms with van der Waals surface area (Å²) in [5.74, 6) is -0.303. The first-order chi connectivity index (χ1) is 9.40. The number of hydrogen-bond acceptors (Lipinski definition) is 1. The SMILES string of the molecule is Cc1cc(C)c(CC(O)c2cccc(C)c2F)c(C)c1. The monoisotopic (exact) mass is 272 g/mol. The summed E-state index contributed by atoms with van der Waals surface area (Å²) in [7, 11) is 0. The Kier molecular flexibility index (Phi) is 4.24. The molecule has 2 aromatic carbocycles. The minimum atomic E-state index is -0.810. The smallest absolute Gasteiger partial charge is 0.131 e. The van der Waals surface area contributed by atoms with Gasteiger partial charge in [-0.05, 0) is 49.9 Å². The first-order valence-corrected chi connectivity index (χ1v) is 6.90. The van der Waals surface area contributed by atoms with Gasteiger partial charge in [0.05, 0.1) is 6.10 Å². The average Bonchev–Trinajstić information content (AvgIpc) is 2.36. The van der Waals surface area contributed by atoms with E-state index in [1.165, 1.54) is 5.56 Å². The van der Waals surface area contributed by atoms with E-state index in [2.05, 4.69) is 19.1 Å². The Morgan fingerprint density at radius 3 is 2.20 bits per heavy atom. The largest absolute Gasteiger partial charge is 0.388 e. The molecule has 20 heavy (non-hydrogen) atoms. The van der Waals surface area contributed by atoms with Crippen LogP contribution >= 0.6 is 0 Å². The third-order valence-corrected chi connectivity index (χ3v) is 3.82. The fourth-order valence-corrected chi connectivity index (χ4v) is 2.76. The molecule has 0 aliphatic heterocycles. The highest BCUT2D eigenvalue weighted by Gasteiger charge is 2.16. The van der Waals surface area contributed by atoms with Crippen LogP contribution in [0.1, 0.15) is 39.5 Å². The van der Waals surface area contributed by atoms with Crippen molar-refractivity contribution in [2.45, 2.75) is 40.2 Å². The van der Waals surface area contributed by atoms with Crippen molar-refractivity contribution >= 4 is 0 Å². The Hall–Kier alpha value is -1.67. The van der Waals surface area contributed by atoms with Gasteiger partial charge in [-0.2, -0.15) is 0 Å². The Balaban J connectivity index is 2.33. The zero-order chi connectivity index (χ0) is 14.9. The summed E-state index contributed by atoms with van der Waals surface area (Å²) < 4.78 is 14.1. The Bertz CT molecular complexity index is 608. The first kappa shape index (κ1) is 14.7. The van der Waals surface area contributed by atoms with Gasteiger partial charge in [-0.3, -0.25) is 0 Å². The second kappa shape index (κ2) is 5.76. The number of aliphatic hydroxyl groups is 1. The van der Waals surface area contributed by atoms with Gasteiger partial charge in [-0.1, -0.05) is 35.9 Å². The van der Waals surface area contributed by atoms with Crippen molar-refractivity contribution in [3.63, 3.8) is 0 Å². The van der Waals surface area contributed by atoms with E-state index >= 15 is 0 Å². The molecule has 1 nitrogen and oxygen atoms in total. The summed E-state index contributed by atoms with van der Waals surface area (Å²) in [6.45, 7) is 7.84. The highest BCUT2D eigenvalue weighted by Crippen LogP contribution is 2.26. The summed E-state index contributed by atoms with van der Waals surface area (Å²) in [6.07, 6.45) is -0.367. The van der Waals surface area contributed by atoms with E-state index < -0.39 is 6.10 Å². The second-order valence-corrected chi connectivity index (χ2v) is 5.58. The summed E-state index contributed by atoms with van der Waals surface area (Å²) in [5, 5.41) is 10.4. The Labute approximate surface area is 120 Å². The number of benzene rings is 2. The molecule has 0 amide bonds. The highest BCUT2D eigenvalue weighted by molar-refractivity contribution is 5.39. The quantitative estimate of drug-likeness (QED) is 0.881. The summed E-state index contributed by atoms with van der Waals surface area (Å²) in [6, 6.07) is 9.36. The van der Waals surface area contributed by atoms with E-state index in [9.17, 15) is 9.50 Å². The van der Waals surface area contributed by atoms with Gasteiger partial charge >= 0.3 is 0 Å². The molecular weight excluding hydrogens is 251 g/mol. The lowest BCUT2D eigenvalue weighted by molar-refractivity contribution is 0.173. The number of hydrogen-bond donors (Lipinski definition) is 1. The van der Waals surface area contributed by atoms with E-state index in [-0.39, 0.29) is 5.82 Å². The zero-order valence-corrected chi connectivity index (χ0v) is 12.5. The van der Waals surface area contributed by atoms with Crippen LogP contribution in [0, 0.1) is 33.5 Å². The molecule has 0 saturated heterocycles. The standard InChI is InChI=1S/C18H21FO/c1-11-8-13(3)16(14(4)9-11)10-17(20)15-7-5-6-12(2)18(15)19/h5-9,17,20H,10H2,1-4H3. The van der Waals surface area contributed by atoms with Crippen LogP contribution < -0.4 is 0 Å². The van der Waals surface area contributed by atoms with Crippen LogP contribution in [-0.4, -0.2) is 5.11 Å². The highest BCUT2D eigenvalue weighted by atomic mass is 19.1. The molecule has 0 aromatic heterocycles. The van der Waals surface area contributed by atoms with Gasteiger partial charge in [-0.15, -0.1) is 0 Å². The third kappa shape index (κ3) is 2.91. The Morgan fingerprint density at radius 1 is 1.00 bits per heavy atom. The molecule has 1 atom stereocenters. The topological polar surface area (TPSA) is 20.2 Å². The van der Waals surface area contributed by atoms with Gasteiger partial charge in [0.15, 0.2) is 0 Å². The fraction of sp³-hybridized carbons (Fsp3) is 0.333. The van der Waals surface area contributed by atoms with E-state index in [0.717, 1.165) is 16.7 Å². The van der Waals surface area contributed by atoms with Crippen molar-refractivity contribution in [2.24, 2.45) is 0 Å². The van der Waals surface area contributed by atoms with Gasteiger partial charge in [0.2, 0.25) is 0 Å². The predicted octanol–water partition coefficient (Wildman–Crippen LogP) is 4.34. The minimum absolute atomic E-state index is 0.303. The molecule has 2 heteroatoms. The van der Waals surface area contributed by atoms with E-state index in [1.54, 1.807) is 25.1 Å². The minimum Gasteiger partial charge on any atom is -0.388 e. The number of aryl methyl sites for hydroxylation is 4. The molecule has 0 saturated carbocycles. The number of halogens is 1. The van der Waals surface area contributed by atoms with Gasteiger partial charge in [0, 0.05) is 12.0 Å².